The van der Waals surface area contributed by atoms with Crippen molar-refractivity contribution in [2.24, 2.45) is 0 Å². The van der Waals surface area contributed by atoms with Gasteiger partial charge in [-0.15, -0.1) is 0 Å². The van der Waals surface area contributed by atoms with Crippen LogP contribution < -0.4 is 15.6 Å². The number of nitrogens with one attached hydrogen (secondary N) is 1. The lowest BCUT2D eigenvalue weighted by atomic mass is 10.2. The molecule has 0 aliphatic rings. The van der Waals surface area contributed by atoms with E-state index in [1.54, 1.807) is 36.4 Å². The number of hydrogen-bond acceptors (Lipinski definition) is 5. The molecule has 0 bridgehead atoms. The number of nitrogens with zero attached hydrogens (tertiary/aromatic N) is 2. The second-order valence-electron chi connectivity index (χ2n) is 7.29. The molecule has 7 nitrogen and oxygen atoms in total. The van der Waals surface area contributed by atoms with Crippen LogP contribution in [0.25, 0.3) is 10.9 Å². The van der Waals surface area contributed by atoms with Crippen molar-refractivity contribution in [3.05, 3.63) is 101 Å². The number of para-hydroxylation sites is 1. The summed E-state index contributed by atoms with van der Waals surface area (Å²) in [4.78, 5) is 29.3. The molecule has 0 aliphatic heterocycles. The van der Waals surface area contributed by atoms with Crippen LogP contribution in [0.4, 0.5) is 14.9 Å². The molecular formula is C25H22FN3O4. The fourth-order valence-electron chi connectivity index (χ4n) is 3.25. The Balaban J connectivity index is 1.37. The number of ether oxygens (including phenoxy) is 2. The molecule has 0 aliphatic carbocycles. The van der Waals surface area contributed by atoms with Gasteiger partial charge in [0.2, 0.25) is 0 Å². The molecule has 4 rings (SSSR count). The molecule has 33 heavy (non-hydrogen) atoms. The summed E-state index contributed by atoms with van der Waals surface area (Å²) < 4.78 is 25.7. The number of aryl methyl sites for hydroxylation is 1. The van der Waals surface area contributed by atoms with Crippen LogP contribution in [0.3, 0.4) is 0 Å². The van der Waals surface area contributed by atoms with Crippen molar-refractivity contribution in [3.63, 3.8) is 0 Å². The summed E-state index contributed by atoms with van der Waals surface area (Å²) in [7, 11) is 0. The summed E-state index contributed by atoms with van der Waals surface area (Å²) in [6.07, 6.45) is 1.34. The number of amides is 1. The number of hydrogen-bond donors (Lipinski definition) is 1. The van der Waals surface area contributed by atoms with E-state index in [0.717, 1.165) is 5.56 Å². The van der Waals surface area contributed by atoms with Crippen molar-refractivity contribution in [1.29, 1.82) is 0 Å². The van der Waals surface area contributed by atoms with Gasteiger partial charge in [-0.05, 0) is 42.3 Å². The Morgan fingerprint density at radius 3 is 2.64 bits per heavy atom. The average Bonchev–Trinajstić information content (AvgIpc) is 2.84. The fourth-order valence-corrected chi connectivity index (χ4v) is 3.25. The Morgan fingerprint density at radius 1 is 1.03 bits per heavy atom. The number of rotatable bonds is 8. The standard InChI is InChI=1S/C25H22FN3O4/c26-21-9-4-5-10-23(21)32-14-6-13-29-17-27-22-12-11-19(15-20(22)24(29)30)28-25(31)33-16-18-7-2-1-3-8-18/h1-5,7-12,15,17H,6,13-14,16H2,(H,28,31). The first-order valence-electron chi connectivity index (χ1n) is 10.4. The first kappa shape index (κ1) is 22.0. The van der Waals surface area contributed by atoms with Gasteiger partial charge in [-0.3, -0.25) is 14.7 Å². The fraction of sp³-hybridized carbons (Fsp3) is 0.160. The predicted molar refractivity (Wildman–Crippen MR) is 123 cm³/mol. The van der Waals surface area contributed by atoms with Gasteiger partial charge in [-0.1, -0.05) is 42.5 Å². The van der Waals surface area contributed by atoms with Crippen molar-refractivity contribution >= 4 is 22.7 Å². The van der Waals surface area contributed by atoms with Crippen LogP contribution in [0.15, 0.2) is 83.9 Å². The topological polar surface area (TPSA) is 82.5 Å². The summed E-state index contributed by atoms with van der Waals surface area (Å²) in [5.74, 6) is -0.249. The smallest absolute Gasteiger partial charge is 0.411 e. The minimum atomic E-state index is -0.618. The molecule has 8 heteroatoms. The highest BCUT2D eigenvalue weighted by molar-refractivity contribution is 5.89. The summed E-state index contributed by atoms with van der Waals surface area (Å²) in [5, 5.41) is 3.00. The minimum Gasteiger partial charge on any atom is -0.490 e. The maximum atomic E-state index is 13.6. The van der Waals surface area contributed by atoms with Crippen LogP contribution in [0.2, 0.25) is 0 Å². The molecular weight excluding hydrogens is 425 g/mol. The van der Waals surface area contributed by atoms with Gasteiger partial charge >= 0.3 is 6.09 Å². The van der Waals surface area contributed by atoms with E-state index in [1.165, 1.54) is 17.0 Å². The van der Waals surface area contributed by atoms with E-state index < -0.39 is 11.9 Å². The number of fused-ring (bicyclic) bond motifs is 1. The molecule has 0 fully saturated rings. The van der Waals surface area contributed by atoms with E-state index in [0.29, 0.717) is 29.6 Å². The first-order valence-corrected chi connectivity index (χ1v) is 10.4. The highest BCUT2D eigenvalue weighted by atomic mass is 19.1. The van der Waals surface area contributed by atoms with Crippen molar-refractivity contribution in [3.8, 4) is 5.75 Å². The van der Waals surface area contributed by atoms with Gasteiger partial charge in [0.05, 0.1) is 23.8 Å². The number of carbonyl (C=O) groups excluding carboxylic acids is 1. The molecule has 0 unspecified atom stereocenters. The molecule has 0 atom stereocenters. The second-order valence-corrected chi connectivity index (χ2v) is 7.29. The molecule has 1 heterocycles. The quantitative estimate of drug-likeness (QED) is 0.394. The van der Waals surface area contributed by atoms with Gasteiger partial charge < -0.3 is 9.47 Å². The monoisotopic (exact) mass is 447 g/mol. The van der Waals surface area contributed by atoms with Crippen molar-refractivity contribution in [1.82, 2.24) is 9.55 Å². The summed E-state index contributed by atoms with van der Waals surface area (Å²) in [5.41, 5.74) is 1.58. The molecule has 0 radical (unpaired) electrons. The third-order valence-electron chi connectivity index (χ3n) is 4.92. The molecule has 3 aromatic carbocycles. The molecule has 168 valence electrons. The Kier molecular flexibility index (Phi) is 6.94. The van der Waals surface area contributed by atoms with Crippen LogP contribution in [0, 0.1) is 5.82 Å². The third kappa shape index (κ3) is 5.74. The second kappa shape index (κ2) is 10.4. The molecule has 1 amide bonds. The van der Waals surface area contributed by atoms with Crippen LogP contribution >= 0.6 is 0 Å². The van der Waals surface area contributed by atoms with Gasteiger partial charge in [0.1, 0.15) is 6.61 Å². The van der Waals surface area contributed by atoms with Crippen LogP contribution in [-0.2, 0) is 17.9 Å². The first-order chi connectivity index (χ1) is 16.1. The minimum absolute atomic E-state index is 0.142. The third-order valence-corrected chi connectivity index (χ3v) is 4.92. The predicted octanol–water partition coefficient (Wildman–Crippen LogP) is 4.75. The Labute approximate surface area is 189 Å². The lowest BCUT2D eigenvalue weighted by molar-refractivity contribution is 0.155. The Hall–Kier alpha value is -4.20. The van der Waals surface area contributed by atoms with E-state index >= 15 is 0 Å². The molecule has 0 saturated carbocycles. The SMILES string of the molecule is O=C(Nc1ccc2ncn(CCCOc3ccccc3F)c(=O)c2c1)OCc1ccccc1. The number of anilines is 1. The van der Waals surface area contributed by atoms with E-state index in [1.807, 2.05) is 30.3 Å². The zero-order valence-electron chi connectivity index (χ0n) is 17.7. The Morgan fingerprint density at radius 2 is 1.82 bits per heavy atom. The van der Waals surface area contributed by atoms with Gasteiger partial charge in [0.15, 0.2) is 11.6 Å². The molecule has 1 N–H and O–H groups in total. The van der Waals surface area contributed by atoms with Gasteiger partial charge in [0, 0.05) is 12.2 Å². The summed E-state index contributed by atoms with van der Waals surface area (Å²) >= 11 is 0. The Bertz CT molecular complexity index is 1310. The molecule has 0 saturated heterocycles. The van der Waals surface area contributed by atoms with Gasteiger partial charge in [-0.2, -0.15) is 0 Å². The van der Waals surface area contributed by atoms with Crippen LogP contribution in [0.5, 0.6) is 5.75 Å². The normalized spacial score (nSPS) is 10.7. The van der Waals surface area contributed by atoms with E-state index in [2.05, 4.69) is 10.3 Å². The maximum Gasteiger partial charge on any atom is 0.411 e. The summed E-state index contributed by atoms with van der Waals surface area (Å²) in [6, 6.07) is 20.4. The zero-order chi connectivity index (χ0) is 23.0. The van der Waals surface area contributed by atoms with Crippen LogP contribution in [-0.4, -0.2) is 22.3 Å². The van der Waals surface area contributed by atoms with Crippen molar-refractivity contribution in [2.45, 2.75) is 19.6 Å². The van der Waals surface area contributed by atoms with E-state index in [-0.39, 0.29) is 24.5 Å². The van der Waals surface area contributed by atoms with Gasteiger partial charge in [0.25, 0.3) is 5.56 Å². The van der Waals surface area contributed by atoms with Gasteiger partial charge in [-0.25, -0.2) is 14.2 Å². The molecule has 0 spiro atoms. The zero-order valence-corrected chi connectivity index (χ0v) is 17.7. The van der Waals surface area contributed by atoms with Crippen molar-refractivity contribution in [2.75, 3.05) is 11.9 Å². The lowest BCUT2D eigenvalue weighted by Gasteiger charge is -2.10. The molecule has 1 aromatic heterocycles. The lowest BCUT2D eigenvalue weighted by Crippen LogP contribution is -2.22. The van der Waals surface area contributed by atoms with Crippen LogP contribution in [0.1, 0.15) is 12.0 Å². The largest absolute Gasteiger partial charge is 0.490 e. The molecule has 4 aromatic rings. The number of carbonyl (C=O) groups is 1. The van der Waals surface area contributed by atoms with E-state index in [9.17, 15) is 14.0 Å². The average molecular weight is 447 g/mol. The van der Waals surface area contributed by atoms with E-state index in [4.69, 9.17) is 9.47 Å². The number of benzene rings is 3. The highest BCUT2D eigenvalue weighted by Gasteiger charge is 2.09. The number of halogens is 1. The summed E-state index contributed by atoms with van der Waals surface area (Å²) in [6.45, 7) is 0.747. The maximum absolute atomic E-state index is 13.6. The highest BCUT2D eigenvalue weighted by Crippen LogP contribution is 2.16. The van der Waals surface area contributed by atoms with Crippen molar-refractivity contribution < 1.29 is 18.7 Å². The number of aromatic nitrogens is 2.